The van der Waals surface area contributed by atoms with Crippen LogP contribution in [0.1, 0.15) is 201 Å². The van der Waals surface area contributed by atoms with Crippen molar-refractivity contribution < 1.29 is 23.8 Å². The van der Waals surface area contributed by atoms with Gasteiger partial charge in [0.05, 0.1) is 6.61 Å². The first-order valence-electron chi connectivity index (χ1n) is 23.8. The molecule has 0 heterocycles. The number of rotatable bonds is 42. The average Bonchev–Trinajstić information content (AvgIpc) is 3.22. The van der Waals surface area contributed by atoms with Gasteiger partial charge in [-0.15, -0.1) is 0 Å². The molecular weight excluding hydrogens is 717 g/mol. The molecule has 1 unspecified atom stereocenters. The monoisotopic (exact) mass is 805 g/mol. The molecule has 0 fully saturated rings. The van der Waals surface area contributed by atoms with E-state index < -0.39 is 6.10 Å². The molecule has 0 radical (unpaired) electrons. The van der Waals surface area contributed by atoms with Gasteiger partial charge in [-0.25, -0.2) is 0 Å². The maximum Gasteiger partial charge on any atom is 0.306 e. The van der Waals surface area contributed by atoms with Crippen LogP contribution in [0.4, 0.5) is 0 Å². The van der Waals surface area contributed by atoms with Crippen molar-refractivity contribution in [3.8, 4) is 0 Å². The van der Waals surface area contributed by atoms with Gasteiger partial charge in [-0.3, -0.25) is 9.59 Å². The fourth-order valence-corrected chi connectivity index (χ4v) is 6.14. The second-order valence-electron chi connectivity index (χ2n) is 15.3. The van der Waals surface area contributed by atoms with Gasteiger partial charge >= 0.3 is 11.9 Å². The van der Waals surface area contributed by atoms with Crippen LogP contribution >= 0.6 is 0 Å². The lowest BCUT2D eigenvalue weighted by atomic mass is 10.1. The van der Waals surface area contributed by atoms with Gasteiger partial charge in [0.25, 0.3) is 0 Å². The van der Waals surface area contributed by atoms with Crippen LogP contribution in [0, 0.1) is 0 Å². The number of carbonyl (C=O) groups is 2. The summed E-state index contributed by atoms with van der Waals surface area (Å²) < 4.78 is 17.3. The molecule has 5 nitrogen and oxygen atoms in total. The summed E-state index contributed by atoms with van der Waals surface area (Å²) in [6.07, 6.45) is 64.2. The van der Waals surface area contributed by atoms with E-state index in [2.05, 4.69) is 118 Å². The topological polar surface area (TPSA) is 61.8 Å². The Bertz CT molecular complexity index is 1140. The van der Waals surface area contributed by atoms with Crippen molar-refractivity contribution in [3.05, 3.63) is 97.2 Å². The molecule has 0 N–H and O–H groups in total. The number of hydrogen-bond acceptors (Lipinski definition) is 5. The van der Waals surface area contributed by atoms with Crippen LogP contribution in [0.25, 0.3) is 0 Å². The lowest BCUT2D eigenvalue weighted by Gasteiger charge is -2.18. The van der Waals surface area contributed by atoms with Crippen molar-refractivity contribution in [1.29, 1.82) is 0 Å². The fourth-order valence-electron chi connectivity index (χ4n) is 6.14. The van der Waals surface area contributed by atoms with E-state index >= 15 is 0 Å². The maximum atomic E-state index is 12.6. The van der Waals surface area contributed by atoms with Crippen LogP contribution in [0.5, 0.6) is 0 Å². The lowest BCUT2D eigenvalue weighted by Crippen LogP contribution is -2.30. The summed E-state index contributed by atoms with van der Waals surface area (Å²) in [4.78, 5) is 25.2. The van der Waals surface area contributed by atoms with Gasteiger partial charge in [0.15, 0.2) is 6.10 Å². The molecule has 330 valence electrons. The minimum absolute atomic E-state index is 0.0582. The molecule has 0 aliphatic rings. The van der Waals surface area contributed by atoms with Crippen LogP contribution in [0.3, 0.4) is 0 Å². The van der Waals surface area contributed by atoms with Gasteiger partial charge in [-0.05, 0) is 96.3 Å². The predicted molar refractivity (Wildman–Crippen MR) is 251 cm³/mol. The summed E-state index contributed by atoms with van der Waals surface area (Å²) >= 11 is 0. The first-order valence-corrected chi connectivity index (χ1v) is 23.8. The second kappa shape index (κ2) is 48.2. The van der Waals surface area contributed by atoms with Crippen LogP contribution in [-0.4, -0.2) is 37.9 Å². The third kappa shape index (κ3) is 45.5. The summed E-state index contributed by atoms with van der Waals surface area (Å²) in [5.74, 6) is -0.454. The summed E-state index contributed by atoms with van der Waals surface area (Å²) in [6.45, 7) is 7.49. The highest BCUT2D eigenvalue weighted by Crippen LogP contribution is 2.12. The molecule has 0 aliphatic heterocycles. The second-order valence-corrected chi connectivity index (χ2v) is 15.3. The normalized spacial score (nSPS) is 13.1. The highest BCUT2D eigenvalue weighted by atomic mass is 16.6. The van der Waals surface area contributed by atoms with E-state index in [1.165, 1.54) is 51.4 Å². The van der Waals surface area contributed by atoms with E-state index in [0.717, 1.165) is 116 Å². The van der Waals surface area contributed by atoms with E-state index in [1.54, 1.807) is 0 Å². The molecule has 0 amide bonds. The molecule has 58 heavy (non-hydrogen) atoms. The Morgan fingerprint density at radius 3 is 1.26 bits per heavy atom. The van der Waals surface area contributed by atoms with Crippen molar-refractivity contribution in [2.45, 2.75) is 207 Å². The van der Waals surface area contributed by atoms with Crippen LogP contribution in [-0.2, 0) is 23.8 Å². The molecule has 0 aromatic rings. The summed E-state index contributed by atoms with van der Waals surface area (Å²) in [6, 6.07) is 0. The molecule has 0 bridgehead atoms. The van der Waals surface area contributed by atoms with E-state index in [-0.39, 0.29) is 25.2 Å². The minimum atomic E-state index is -0.558. The molecule has 0 aliphatic carbocycles. The summed E-state index contributed by atoms with van der Waals surface area (Å²) in [5, 5.41) is 0. The Morgan fingerprint density at radius 2 is 0.776 bits per heavy atom. The lowest BCUT2D eigenvalue weighted by molar-refractivity contribution is -0.163. The quantitative estimate of drug-likeness (QED) is 0.0349. The number of ether oxygens (including phenoxy) is 3. The molecule has 0 saturated heterocycles. The SMILES string of the molecule is CC/C=C\C/C=C\C/C=C\C/C=C\C/C=C\CCCCCC(=O)OCC(COCCCCCCCC/C=C\C/C=C\C/C=C\CC)OC(=O)CCCCCCCCC. The number of esters is 2. The van der Waals surface area contributed by atoms with Gasteiger partial charge in [-0.2, -0.15) is 0 Å². The van der Waals surface area contributed by atoms with Gasteiger partial charge in [-0.1, -0.05) is 189 Å². The molecule has 0 spiro atoms. The van der Waals surface area contributed by atoms with Crippen molar-refractivity contribution in [2.24, 2.45) is 0 Å². The molecule has 5 heteroatoms. The van der Waals surface area contributed by atoms with Crippen LogP contribution in [0.15, 0.2) is 97.2 Å². The summed E-state index contributed by atoms with van der Waals surface area (Å²) in [5.41, 5.74) is 0. The molecule has 0 saturated carbocycles. The van der Waals surface area contributed by atoms with Gasteiger partial charge in [0, 0.05) is 19.4 Å². The molecule has 1 atom stereocenters. The standard InChI is InChI=1S/C53H88O5/c1-4-7-10-13-16-18-20-22-24-26-27-28-29-31-33-35-38-40-43-46-52(54)57-50-51(58-53(55)47-44-41-37-15-12-9-6-3)49-56-48-45-42-39-36-34-32-30-25-23-21-19-17-14-11-8-5-2/h7-8,10-11,16-19,22-25,27-28,31,33,51H,4-6,9,12-15,20-21,26,29-30,32,34-50H2,1-3H3/b10-7-,11-8-,18-16-,19-17-,24-22-,25-23-,28-27-,33-31-. The Kier molecular flexibility index (Phi) is 45.5. The Hall–Kier alpha value is -3.18. The third-order valence-corrected chi connectivity index (χ3v) is 9.62. The number of carbonyl (C=O) groups excluding carboxylic acids is 2. The smallest absolute Gasteiger partial charge is 0.306 e. The zero-order chi connectivity index (χ0) is 42.1. The van der Waals surface area contributed by atoms with E-state index in [4.69, 9.17) is 14.2 Å². The number of unbranched alkanes of at least 4 members (excludes halogenated alkanes) is 15. The third-order valence-electron chi connectivity index (χ3n) is 9.62. The van der Waals surface area contributed by atoms with Crippen molar-refractivity contribution in [2.75, 3.05) is 19.8 Å². The number of hydrogen-bond donors (Lipinski definition) is 0. The summed E-state index contributed by atoms with van der Waals surface area (Å²) in [7, 11) is 0. The first-order chi connectivity index (χ1) is 28.6. The molecular formula is C53H88O5. The Labute approximate surface area is 358 Å². The van der Waals surface area contributed by atoms with Crippen molar-refractivity contribution >= 4 is 11.9 Å². The van der Waals surface area contributed by atoms with Crippen LogP contribution in [0.2, 0.25) is 0 Å². The van der Waals surface area contributed by atoms with Crippen molar-refractivity contribution in [3.63, 3.8) is 0 Å². The largest absolute Gasteiger partial charge is 0.462 e. The van der Waals surface area contributed by atoms with E-state index in [1.807, 2.05) is 0 Å². The highest BCUT2D eigenvalue weighted by molar-refractivity contribution is 5.70. The zero-order valence-electron chi connectivity index (χ0n) is 37.8. The number of allylic oxidation sites excluding steroid dienone is 16. The van der Waals surface area contributed by atoms with Crippen LogP contribution < -0.4 is 0 Å². The van der Waals surface area contributed by atoms with Crippen molar-refractivity contribution in [1.82, 2.24) is 0 Å². The average molecular weight is 805 g/mol. The zero-order valence-corrected chi connectivity index (χ0v) is 37.8. The van der Waals surface area contributed by atoms with Gasteiger partial charge in [0.1, 0.15) is 6.61 Å². The Morgan fingerprint density at radius 1 is 0.397 bits per heavy atom. The maximum absolute atomic E-state index is 12.6. The molecule has 0 aromatic carbocycles. The predicted octanol–water partition coefficient (Wildman–Crippen LogP) is 15.9. The van der Waals surface area contributed by atoms with Gasteiger partial charge in [0.2, 0.25) is 0 Å². The van der Waals surface area contributed by atoms with Gasteiger partial charge < -0.3 is 14.2 Å². The molecule has 0 rings (SSSR count). The Balaban J connectivity index is 4.24. The van der Waals surface area contributed by atoms with E-state index in [0.29, 0.717) is 19.4 Å². The minimum Gasteiger partial charge on any atom is -0.462 e. The fraction of sp³-hybridized carbons (Fsp3) is 0.660. The highest BCUT2D eigenvalue weighted by Gasteiger charge is 2.17. The first kappa shape index (κ1) is 54.8. The molecule has 0 aromatic heterocycles. The van der Waals surface area contributed by atoms with E-state index in [9.17, 15) is 9.59 Å².